The van der Waals surface area contributed by atoms with Gasteiger partial charge in [-0.05, 0) is 171 Å². The Morgan fingerprint density at radius 3 is 1.28 bits per heavy atom. The molecule has 0 spiro atoms. The van der Waals surface area contributed by atoms with Gasteiger partial charge in [0.1, 0.15) is 5.82 Å². The van der Waals surface area contributed by atoms with Crippen molar-refractivity contribution < 1.29 is 39.1 Å². The van der Waals surface area contributed by atoms with E-state index in [0.717, 1.165) is 146 Å². The second-order valence-corrected chi connectivity index (χ2v) is 29.8. The van der Waals surface area contributed by atoms with Crippen LogP contribution in [0.1, 0.15) is 36.0 Å². The van der Waals surface area contributed by atoms with E-state index in [4.69, 9.17) is 9.47 Å². The van der Waals surface area contributed by atoms with E-state index in [-0.39, 0.29) is 15.6 Å². The van der Waals surface area contributed by atoms with E-state index in [0.29, 0.717) is 47.7 Å². The van der Waals surface area contributed by atoms with Gasteiger partial charge in [-0.25, -0.2) is 41.6 Å². The molecule has 21 heteroatoms. The van der Waals surface area contributed by atoms with Gasteiger partial charge in [-0.15, -0.1) is 0 Å². The quantitative estimate of drug-likeness (QED) is 0.113. The molecule has 0 amide bonds. The highest BCUT2D eigenvalue weighted by Crippen LogP contribution is 2.38. The van der Waals surface area contributed by atoms with Crippen LogP contribution in [0, 0.1) is 5.82 Å². The van der Waals surface area contributed by atoms with Gasteiger partial charge in [0.05, 0.1) is 57.7 Å². The summed E-state index contributed by atoms with van der Waals surface area (Å²) in [6, 6.07) is 44.7. The molecule has 4 aromatic heterocycles. The number of hydrogen-bond acceptors (Lipinski definition) is 14. The number of halogens is 1. The molecule has 2 saturated heterocycles. The molecule has 5 aliphatic rings. The Morgan fingerprint density at radius 2 is 0.809 bits per heavy atom. The number of pyridine rings is 1. The molecule has 17 nitrogen and oxygen atoms in total. The molecule has 0 N–H and O–H groups in total. The minimum absolute atomic E-state index is 0.208. The number of ether oxygens (including phenoxy) is 2. The summed E-state index contributed by atoms with van der Waals surface area (Å²) in [7, 11) is -5.04. The molecule has 9 heterocycles. The van der Waals surface area contributed by atoms with E-state index in [1.54, 1.807) is 85.6 Å². The Kier molecular flexibility index (Phi) is 18.7. The van der Waals surface area contributed by atoms with Crippen molar-refractivity contribution in [1.29, 1.82) is 0 Å². The molecule has 6 aromatic carbocycles. The molecule has 5 aliphatic heterocycles. The van der Waals surface area contributed by atoms with Gasteiger partial charge in [0.2, 0.25) is 0 Å². The van der Waals surface area contributed by atoms with E-state index >= 15 is 0 Å². The van der Waals surface area contributed by atoms with Crippen LogP contribution in [0.15, 0.2) is 216 Å². The number of nitrogens with zero attached hydrogens (tertiary/aromatic N) is 9. The van der Waals surface area contributed by atoms with Crippen LogP contribution < -0.4 is 9.80 Å². The molecule has 486 valence electrons. The predicted molar refractivity (Wildman–Crippen MR) is 372 cm³/mol. The SMILES string of the molecule is CN1CC=C(c2cn(S(=O)(=O)c3ccc(N4CCOCC4)cc3)c3ccc(F)cc23)CC1.CN1CC=C(c2cn(S(=O)(=O)c3ccc(N4CCOCC4)cc3)c3ccccc23)CC1.CN1CC=C(c2cn(S(=O)(=O)c3ccccc3)c3cc(-c4ccncc4)ccc23)CC1. The van der Waals surface area contributed by atoms with Crippen molar-refractivity contribution in [1.82, 2.24) is 31.6 Å². The number of morpholine rings is 2. The molecule has 10 aromatic rings. The number of para-hydroxylation sites is 1. The van der Waals surface area contributed by atoms with Gasteiger partial charge in [0.15, 0.2) is 0 Å². The summed E-state index contributed by atoms with van der Waals surface area (Å²) in [6.07, 6.45) is 17.8. The molecule has 0 aliphatic carbocycles. The molecule has 0 radical (unpaired) electrons. The molecule has 0 unspecified atom stereocenters. The van der Waals surface area contributed by atoms with Crippen LogP contribution >= 0.6 is 0 Å². The lowest BCUT2D eigenvalue weighted by Crippen LogP contribution is -2.36. The minimum atomic E-state index is -3.84. The molecule has 0 atom stereocenters. The zero-order valence-corrected chi connectivity index (χ0v) is 55.4. The maximum atomic E-state index is 14.1. The highest BCUT2D eigenvalue weighted by Gasteiger charge is 2.28. The third kappa shape index (κ3) is 13.3. The molecular weight excluding hydrogens is 1250 g/mol. The van der Waals surface area contributed by atoms with Crippen molar-refractivity contribution in [2.24, 2.45) is 0 Å². The van der Waals surface area contributed by atoms with Crippen LogP contribution in [0.3, 0.4) is 0 Å². The minimum Gasteiger partial charge on any atom is -0.378 e. The van der Waals surface area contributed by atoms with E-state index in [1.165, 1.54) is 35.2 Å². The van der Waals surface area contributed by atoms with Gasteiger partial charge in [-0.3, -0.25) is 4.98 Å². The first kappa shape index (κ1) is 64.2. The second-order valence-electron chi connectivity index (χ2n) is 24.4. The summed E-state index contributed by atoms with van der Waals surface area (Å²) in [5.74, 6) is -0.378. The van der Waals surface area contributed by atoms with Crippen LogP contribution in [0.5, 0.6) is 0 Å². The number of anilines is 2. The Morgan fingerprint density at radius 1 is 0.394 bits per heavy atom. The van der Waals surface area contributed by atoms with Gasteiger partial charge in [0, 0.05) is 141 Å². The third-order valence-corrected chi connectivity index (χ3v) is 23.4. The average Bonchev–Trinajstić information content (AvgIpc) is 1.61. The summed E-state index contributed by atoms with van der Waals surface area (Å²) in [5, 5.41) is 2.55. The molecule has 15 rings (SSSR count). The zero-order valence-electron chi connectivity index (χ0n) is 53.0. The number of aromatic nitrogens is 4. The Balaban J connectivity index is 0.000000128. The zero-order chi connectivity index (χ0) is 65.1. The lowest BCUT2D eigenvalue weighted by molar-refractivity contribution is 0.122. The molecule has 2 fully saturated rings. The van der Waals surface area contributed by atoms with Crippen LogP contribution in [-0.2, 0) is 39.5 Å². The number of rotatable bonds is 12. The first-order valence-electron chi connectivity index (χ1n) is 31.8. The van der Waals surface area contributed by atoms with E-state index in [9.17, 15) is 29.6 Å². The van der Waals surface area contributed by atoms with Crippen molar-refractivity contribution in [2.45, 2.75) is 33.9 Å². The average molecular weight is 1320 g/mol. The monoisotopic (exact) mass is 1320 g/mol. The molecule has 0 bridgehead atoms. The van der Waals surface area contributed by atoms with E-state index in [2.05, 4.69) is 67.9 Å². The maximum Gasteiger partial charge on any atom is 0.268 e. The van der Waals surface area contributed by atoms with E-state index < -0.39 is 30.1 Å². The molecule has 94 heavy (non-hydrogen) atoms. The first-order valence-corrected chi connectivity index (χ1v) is 36.1. The van der Waals surface area contributed by atoms with Gasteiger partial charge < -0.3 is 34.0 Å². The predicted octanol–water partition coefficient (Wildman–Crippen LogP) is 11.7. The van der Waals surface area contributed by atoms with Crippen LogP contribution in [0.2, 0.25) is 0 Å². The largest absolute Gasteiger partial charge is 0.378 e. The van der Waals surface area contributed by atoms with Gasteiger partial charge in [0.25, 0.3) is 30.1 Å². The van der Waals surface area contributed by atoms with Crippen molar-refractivity contribution in [2.75, 3.05) is 123 Å². The van der Waals surface area contributed by atoms with Crippen molar-refractivity contribution in [3.8, 4) is 11.1 Å². The highest BCUT2D eigenvalue weighted by atomic mass is 32.2. The van der Waals surface area contributed by atoms with Crippen molar-refractivity contribution in [3.05, 3.63) is 223 Å². The smallest absolute Gasteiger partial charge is 0.268 e. The topological polar surface area (TPSA) is 165 Å². The lowest BCUT2D eigenvalue weighted by atomic mass is 9.97. The van der Waals surface area contributed by atoms with Gasteiger partial charge >= 0.3 is 0 Å². The van der Waals surface area contributed by atoms with Crippen molar-refractivity contribution >= 4 is 90.9 Å². The molecule has 0 saturated carbocycles. The summed E-state index contributed by atoms with van der Waals surface area (Å²) in [6.45, 7) is 11.3. The third-order valence-electron chi connectivity index (χ3n) is 18.3. The summed E-state index contributed by atoms with van der Waals surface area (Å²) < 4.78 is 111. The fourth-order valence-electron chi connectivity index (χ4n) is 12.9. The highest BCUT2D eigenvalue weighted by molar-refractivity contribution is 7.90. The standard InChI is InChI=1S/C25H23N3O2S.C24H26FN3O3S.C24H27N3O3S/c1-27-15-11-20(12-16-27)24-18-28(31(29,30)22-5-3-2-4-6-22)25-17-21(7-8-23(24)25)19-9-13-26-14-10-19;1-26-10-8-18(9-11-26)23-17-28(24-7-2-19(25)16-22(23)24)32(29,30)21-5-3-20(4-6-21)27-12-14-31-15-13-27;1-25-12-10-19(11-13-25)23-18-27(24-5-3-2-4-22(23)24)31(28,29)21-8-6-20(7-9-21)26-14-16-30-17-15-26/h2-11,13-14,17-18H,12,15-16H2,1H3;2-8,16-17H,9-15H2,1H3;2-10,18H,11-17H2,1H3. The summed E-state index contributed by atoms with van der Waals surface area (Å²) in [5.41, 5.74) is 12.1. The van der Waals surface area contributed by atoms with Gasteiger partial charge in [-0.2, -0.15) is 0 Å². The number of fused-ring (bicyclic) bond motifs is 3. The lowest BCUT2D eigenvalue weighted by Gasteiger charge is -2.28. The van der Waals surface area contributed by atoms with Crippen molar-refractivity contribution in [3.63, 3.8) is 0 Å². The Labute approximate surface area is 549 Å². The molecular formula is C73H76FN9O8S3. The Bertz CT molecular complexity index is 4850. The fraction of sp³-hybridized carbons (Fsp3) is 0.274. The fourth-order valence-corrected chi connectivity index (χ4v) is 17.0. The van der Waals surface area contributed by atoms with Crippen LogP contribution in [0.25, 0.3) is 60.6 Å². The number of hydrogen-bond donors (Lipinski definition) is 0. The number of benzene rings is 6. The maximum absolute atomic E-state index is 14.1. The summed E-state index contributed by atoms with van der Waals surface area (Å²) >= 11 is 0. The second kappa shape index (κ2) is 27.4. The first-order chi connectivity index (χ1) is 45.5. The Hall–Kier alpha value is -8.51. The van der Waals surface area contributed by atoms with Crippen LogP contribution in [-0.4, -0.2) is 170 Å². The van der Waals surface area contributed by atoms with E-state index in [1.807, 2.05) is 85.9 Å². The van der Waals surface area contributed by atoms with Crippen LogP contribution in [0.4, 0.5) is 15.8 Å². The summed E-state index contributed by atoms with van der Waals surface area (Å²) in [4.78, 5) is 16.0. The van der Waals surface area contributed by atoms with Gasteiger partial charge in [-0.1, -0.05) is 66.8 Å². The number of likely N-dealkylation sites (N-methyl/N-ethyl adjacent to an activating group) is 3. The normalized spacial score (nSPS) is 17.3.